The minimum atomic E-state index is 0.0525. The number of halogens is 1. The molecule has 0 atom stereocenters. The van der Waals surface area contributed by atoms with E-state index in [0.717, 1.165) is 0 Å². The Bertz CT molecular complexity index is 341. The van der Waals surface area contributed by atoms with Crippen molar-refractivity contribution in [1.29, 1.82) is 5.41 Å². The van der Waals surface area contributed by atoms with Gasteiger partial charge in [-0.15, -0.1) is 0 Å². The van der Waals surface area contributed by atoms with Crippen LogP contribution in [-0.4, -0.2) is 12.0 Å². The van der Waals surface area contributed by atoms with Crippen LogP contribution in [0.3, 0.4) is 0 Å². The average Bonchev–Trinajstić information content (AvgIpc) is 2.45. The molecule has 1 N–H and O–H groups in total. The minimum Gasteiger partial charge on any atom is -0.447 e. The fourth-order valence-corrected chi connectivity index (χ4v) is 1.34. The summed E-state index contributed by atoms with van der Waals surface area (Å²) in [5.74, 6) is 0.411. The van der Waals surface area contributed by atoms with Crippen molar-refractivity contribution in [2.45, 2.75) is 13.8 Å². The molecule has 13 heavy (non-hydrogen) atoms. The summed E-state index contributed by atoms with van der Waals surface area (Å²) in [6.45, 7) is 3.76. The van der Waals surface area contributed by atoms with E-state index in [2.05, 4.69) is 15.9 Å². The van der Waals surface area contributed by atoms with Gasteiger partial charge in [0.2, 0.25) is 0 Å². The predicted molar refractivity (Wildman–Crippen MR) is 53.5 cm³/mol. The van der Waals surface area contributed by atoms with Crippen LogP contribution in [0, 0.1) is 11.3 Å². The third kappa shape index (κ3) is 2.06. The number of rotatable bonds is 3. The largest absolute Gasteiger partial charge is 0.447 e. The molecule has 3 nitrogen and oxygen atoms in total. The van der Waals surface area contributed by atoms with Crippen LogP contribution in [0.4, 0.5) is 0 Å². The predicted octanol–water partition coefficient (Wildman–Crippen LogP) is 2.88. The van der Waals surface area contributed by atoms with Gasteiger partial charge in [-0.25, -0.2) is 0 Å². The molecule has 0 aliphatic carbocycles. The first-order valence-corrected chi connectivity index (χ1v) is 4.69. The molecule has 70 valence electrons. The van der Waals surface area contributed by atoms with E-state index in [9.17, 15) is 4.79 Å². The van der Waals surface area contributed by atoms with Gasteiger partial charge in [-0.05, 0) is 21.8 Å². The second-order valence-electron chi connectivity index (χ2n) is 3.02. The molecular weight excluding hydrogens is 234 g/mol. The maximum Gasteiger partial charge on any atom is 0.170 e. The molecule has 0 saturated heterocycles. The van der Waals surface area contributed by atoms with Crippen molar-refractivity contribution in [2.75, 3.05) is 0 Å². The number of carbonyl (C=O) groups is 1. The number of hydrogen-bond acceptors (Lipinski definition) is 3. The molecule has 1 rings (SSSR count). The molecule has 1 aromatic rings. The minimum absolute atomic E-state index is 0.0525. The topological polar surface area (TPSA) is 54.1 Å². The highest BCUT2D eigenvalue weighted by molar-refractivity contribution is 9.10. The van der Waals surface area contributed by atoms with E-state index in [1.807, 2.05) is 13.8 Å². The van der Waals surface area contributed by atoms with Gasteiger partial charge in [0.1, 0.15) is 0 Å². The SMILES string of the molecule is CC(C)C(=N)c1oc(Br)cc1C=O. The lowest BCUT2D eigenvalue weighted by Gasteiger charge is -2.03. The zero-order valence-corrected chi connectivity index (χ0v) is 9.01. The number of hydrogen-bond donors (Lipinski definition) is 1. The summed E-state index contributed by atoms with van der Waals surface area (Å²) in [5, 5.41) is 7.67. The highest BCUT2D eigenvalue weighted by Crippen LogP contribution is 2.21. The molecule has 0 aliphatic heterocycles. The summed E-state index contributed by atoms with van der Waals surface area (Å²) >= 11 is 3.12. The lowest BCUT2D eigenvalue weighted by molar-refractivity contribution is 0.112. The zero-order valence-electron chi connectivity index (χ0n) is 7.43. The Balaban J connectivity index is 3.12. The van der Waals surface area contributed by atoms with Gasteiger partial charge in [-0.2, -0.15) is 0 Å². The Morgan fingerprint density at radius 2 is 2.31 bits per heavy atom. The Kier molecular flexibility index (Phi) is 3.03. The molecule has 0 aromatic carbocycles. The second kappa shape index (κ2) is 3.87. The normalized spacial score (nSPS) is 10.5. The molecule has 0 spiro atoms. The summed E-state index contributed by atoms with van der Waals surface area (Å²) in [5.41, 5.74) is 0.762. The van der Waals surface area contributed by atoms with Crippen molar-refractivity contribution in [3.05, 3.63) is 22.1 Å². The van der Waals surface area contributed by atoms with Crippen LogP contribution in [0.1, 0.15) is 30.0 Å². The van der Waals surface area contributed by atoms with Crippen LogP contribution in [-0.2, 0) is 0 Å². The summed E-state index contributed by atoms with van der Waals surface area (Å²) in [6, 6.07) is 1.57. The van der Waals surface area contributed by atoms with Crippen molar-refractivity contribution in [2.24, 2.45) is 5.92 Å². The van der Waals surface area contributed by atoms with Crippen LogP contribution in [0.2, 0.25) is 0 Å². The monoisotopic (exact) mass is 243 g/mol. The molecule has 4 heteroatoms. The second-order valence-corrected chi connectivity index (χ2v) is 3.80. The molecule has 0 fully saturated rings. The van der Waals surface area contributed by atoms with Gasteiger partial charge in [-0.1, -0.05) is 13.8 Å². The fraction of sp³-hybridized carbons (Fsp3) is 0.333. The third-order valence-corrected chi connectivity index (χ3v) is 2.07. The number of nitrogens with one attached hydrogen (secondary N) is 1. The standard InChI is InChI=1S/C9H10BrNO2/c1-5(2)8(11)9-6(4-12)3-7(10)13-9/h3-5,11H,1-2H3. The summed E-state index contributed by atoms with van der Waals surface area (Å²) in [6.07, 6.45) is 0.695. The molecule has 0 radical (unpaired) electrons. The van der Waals surface area contributed by atoms with Gasteiger partial charge in [0, 0.05) is 6.07 Å². The Morgan fingerprint density at radius 1 is 1.69 bits per heavy atom. The molecule has 0 bridgehead atoms. The maximum atomic E-state index is 10.6. The van der Waals surface area contributed by atoms with Crippen molar-refractivity contribution < 1.29 is 9.21 Å². The lowest BCUT2D eigenvalue weighted by atomic mass is 10.0. The highest BCUT2D eigenvalue weighted by Gasteiger charge is 2.16. The van der Waals surface area contributed by atoms with E-state index >= 15 is 0 Å². The Morgan fingerprint density at radius 3 is 2.77 bits per heavy atom. The van der Waals surface area contributed by atoms with E-state index in [1.165, 1.54) is 0 Å². The summed E-state index contributed by atoms with van der Waals surface area (Å²) in [7, 11) is 0. The van der Waals surface area contributed by atoms with Gasteiger partial charge < -0.3 is 9.83 Å². The first-order chi connectivity index (χ1) is 6.06. The molecule has 0 amide bonds. The van der Waals surface area contributed by atoms with Crippen molar-refractivity contribution >= 4 is 27.9 Å². The van der Waals surface area contributed by atoms with Crippen LogP contribution in [0.5, 0.6) is 0 Å². The number of carbonyl (C=O) groups excluding carboxylic acids is 1. The summed E-state index contributed by atoms with van der Waals surface area (Å²) < 4.78 is 5.67. The van der Waals surface area contributed by atoms with E-state index in [-0.39, 0.29) is 5.92 Å². The van der Waals surface area contributed by atoms with Gasteiger partial charge in [0.15, 0.2) is 16.7 Å². The molecule has 0 saturated carbocycles. The average molecular weight is 244 g/mol. The lowest BCUT2D eigenvalue weighted by Crippen LogP contribution is -2.08. The molecule has 1 heterocycles. The van der Waals surface area contributed by atoms with Crippen molar-refractivity contribution in [1.82, 2.24) is 0 Å². The van der Waals surface area contributed by atoms with E-state index in [1.54, 1.807) is 6.07 Å². The number of aldehydes is 1. The highest BCUT2D eigenvalue weighted by atomic mass is 79.9. The van der Waals surface area contributed by atoms with E-state index in [4.69, 9.17) is 9.83 Å². The third-order valence-electron chi connectivity index (χ3n) is 1.68. The van der Waals surface area contributed by atoms with Crippen LogP contribution in [0.15, 0.2) is 15.2 Å². The van der Waals surface area contributed by atoms with Gasteiger partial charge in [0.05, 0.1) is 11.3 Å². The Hall–Kier alpha value is -0.900. The summed E-state index contributed by atoms with van der Waals surface area (Å²) in [4.78, 5) is 10.6. The molecule has 1 aromatic heterocycles. The molecular formula is C9H10BrNO2. The Labute approximate surface area is 84.8 Å². The van der Waals surface area contributed by atoms with Crippen molar-refractivity contribution in [3.8, 4) is 0 Å². The maximum absolute atomic E-state index is 10.6. The van der Waals surface area contributed by atoms with Gasteiger partial charge in [-0.3, -0.25) is 4.79 Å². The number of furan rings is 1. The van der Waals surface area contributed by atoms with Crippen LogP contribution >= 0.6 is 15.9 Å². The molecule has 0 aliphatic rings. The van der Waals surface area contributed by atoms with E-state index in [0.29, 0.717) is 28.0 Å². The first-order valence-electron chi connectivity index (χ1n) is 3.89. The van der Waals surface area contributed by atoms with Gasteiger partial charge >= 0.3 is 0 Å². The molecule has 0 unspecified atom stereocenters. The smallest absolute Gasteiger partial charge is 0.170 e. The quantitative estimate of drug-likeness (QED) is 0.656. The fourth-order valence-electron chi connectivity index (χ4n) is 0.934. The first kappa shape index (κ1) is 10.2. The van der Waals surface area contributed by atoms with Crippen LogP contribution < -0.4 is 0 Å². The van der Waals surface area contributed by atoms with Crippen molar-refractivity contribution in [3.63, 3.8) is 0 Å². The van der Waals surface area contributed by atoms with E-state index < -0.39 is 0 Å². The van der Waals surface area contributed by atoms with Gasteiger partial charge in [0.25, 0.3) is 0 Å². The van der Waals surface area contributed by atoms with Crippen LogP contribution in [0.25, 0.3) is 0 Å². The zero-order chi connectivity index (χ0) is 10.0.